The van der Waals surface area contributed by atoms with Crippen molar-refractivity contribution in [1.82, 2.24) is 5.32 Å². The van der Waals surface area contributed by atoms with Crippen LogP contribution in [0.4, 0.5) is 0 Å². The number of amides is 2. The largest absolute Gasteiger partial charge is 0.390 e. The van der Waals surface area contributed by atoms with E-state index in [2.05, 4.69) is 5.32 Å². The van der Waals surface area contributed by atoms with Crippen molar-refractivity contribution >= 4 is 11.8 Å². The van der Waals surface area contributed by atoms with Gasteiger partial charge in [0.15, 0.2) is 0 Å². The predicted molar refractivity (Wildman–Crippen MR) is 96.7 cm³/mol. The second-order valence-electron chi connectivity index (χ2n) is 7.27. The SMILES string of the molecule is CC(C)(O)CCc1cccc(C(=O)N[C@@H]2CCOC[C@H]2OCC(N)=O)c1. The van der Waals surface area contributed by atoms with Gasteiger partial charge in [0.25, 0.3) is 5.91 Å². The summed E-state index contributed by atoms with van der Waals surface area (Å²) >= 11 is 0. The lowest BCUT2D eigenvalue weighted by atomic mass is 9.97. The fraction of sp³-hybridized carbons (Fsp3) is 0.579. The van der Waals surface area contributed by atoms with Gasteiger partial charge in [0, 0.05) is 12.2 Å². The molecule has 1 aliphatic heterocycles. The zero-order valence-corrected chi connectivity index (χ0v) is 15.4. The molecule has 2 rings (SSSR count). The first-order valence-electron chi connectivity index (χ1n) is 8.84. The smallest absolute Gasteiger partial charge is 0.251 e. The van der Waals surface area contributed by atoms with Gasteiger partial charge in [0.1, 0.15) is 12.7 Å². The third-order valence-corrected chi connectivity index (χ3v) is 4.27. The Hall–Kier alpha value is -1.96. The molecular weight excluding hydrogens is 336 g/mol. The minimum Gasteiger partial charge on any atom is -0.390 e. The maximum Gasteiger partial charge on any atom is 0.251 e. The molecule has 1 aliphatic rings. The van der Waals surface area contributed by atoms with Crippen molar-refractivity contribution in [2.75, 3.05) is 19.8 Å². The van der Waals surface area contributed by atoms with Gasteiger partial charge in [-0.3, -0.25) is 9.59 Å². The van der Waals surface area contributed by atoms with Crippen LogP contribution in [-0.4, -0.2) is 54.5 Å². The zero-order chi connectivity index (χ0) is 19.2. The highest BCUT2D eigenvalue weighted by atomic mass is 16.5. The number of ether oxygens (including phenoxy) is 2. The van der Waals surface area contributed by atoms with Gasteiger partial charge in [0.05, 0.1) is 18.2 Å². The van der Waals surface area contributed by atoms with E-state index in [4.69, 9.17) is 15.2 Å². The number of aryl methyl sites for hydroxylation is 1. The molecule has 1 aromatic rings. The van der Waals surface area contributed by atoms with Crippen molar-refractivity contribution < 1.29 is 24.2 Å². The molecule has 1 heterocycles. The van der Waals surface area contributed by atoms with E-state index < -0.39 is 17.6 Å². The zero-order valence-electron chi connectivity index (χ0n) is 15.4. The molecule has 0 spiro atoms. The monoisotopic (exact) mass is 364 g/mol. The van der Waals surface area contributed by atoms with Gasteiger partial charge in [-0.2, -0.15) is 0 Å². The first-order chi connectivity index (χ1) is 12.2. The molecular formula is C19H28N2O5. The van der Waals surface area contributed by atoms with E-state index in [-0.39, 0.29) is 18.6 Å². The summed E-state index contributed by atoms with van der Waals surface area (Å²) in [5, 5.41) is 12.8. The number of rotatable bonds is 8. The Morgan fingerprint density at radius 1 is 1.42 bits per heavy atom. The van der Waals surface area contributed by atoms with Gasteiger partial charge in [0.2, 0.25) is 5.91 Å². The molecule has 144 valence electrons. The first-order valence-corrected chi connectivity index (χ1v) is 8.84. The number of aliphatic hydroxyl groups is 1. The molecule has 0 aromatic heterocycles. The van der Waals surface area contributed by atoms with E-state index in [1.165, 1.54) is 0 Å². The Kier molecular flexibility index (Phi) is 7.14. The van der Waals surface area contributed by atoms with Crippen molar-refractivity contribution in [3.63, 3.8) is 0 Å². The summed E-state index contributed by atoms with van der Waals surface area (Å²) in [5.74, 6) is -0.755. The minimum atomic E-state index is -0.745. The predicted octanol–water partition coefficient (Wildman–Crippen LogP) is 0.779. The van der Waals surface area contributed by atoms with Crippen molar-refractivity contribution in [2.45, 2.75) is 50.9 Å². The number of carbonyl (C=O) groups excluding carboxylic acids is 2. The Balaban J connectivity index is 1.98. The van der Waals surface area contributed by atoms with Crippen LogP contribution in [0.25, 0.3) is 0 Å². The normalized spacial score (nSPS) is 20.6. The van der Waals surface area contributed by atoms with E-state index in [0.717, 1.165) is 5.56 Å². The average molecular weight is 364 g/mol. The molecule has 2 atom stereocenters. The maximum atomic E-state index is 12.6. The van der Waals surface area contributed by atoms with Crippen LogP contribution >= 0.6 is 0 Å². The summed E-state index contributed by atoms with van der Waals surface area (Å²) in [6.07, 6.45) is 1.50. The molecule has 2 amide bonds. The van der Waals surface area contributed by atoms with E-state index in [1.807, 2.05) is 18.2 Å². The minimum absolute atomic E-state index is 0.199. The Bertz CT molecular complexity index is 627. The highest BCUT2D eigenvalue weighted by molar-refractivity contribution is 5.94. The van der Waals surface area contributed by atoms with Crippen molar-refractivity contribution in [1.29, 1.82) is 0 Å². The third kappa shape index (κ3) is 6.74. The molecule has 4 N–H and O–H groups in total. The Morgan fingerprint density at radius 3 is 2.88 bits per heavy atom. The molecule has 0 bridgehead atoms. The number of benzene rings is 1. The van der Waals surface area contributed by atoms with Crippen LogP contribution in [0.15, 0.2) is 24.3 Å². The molecule has 26 heavy (non-hydrogen) atoms. The second kappa shape index (κ2) is 9.12. The first kappa shape index (κ1) is 20.4. The average Bonchev–Trinajstić information content (AvgIpc) is 2.59. The molecule has 0 radical (unpaired) electrons. The molecule has 1 fully saturated rings. The van der Waals surface area contributed by atoms with Crippen LogP contribution in [0.5, 0.6) is 0 Å². The van der Waals surface area contributed by atoms with Gasteiger partial charge < -0.3 is 25.6 Å². The second-order valence-corrected chi connectivity index (χ2v) is 7.27. The van der Waals surface area contributed by atoms with Gasteiger partial charge >= 0.3 is 0 Å². The van der Waals surface area contributed by atoms with Crippen LogP contribution < -0.4 is 11.1 Å². The van der Waals surface area contributed by atoms with Crippen molar-refractivity contribution in [3.05, 3.63) is 35.4 Å². The summed E-state index contributed by atoms with van der Waals surface area (Å²) < 4.78 is 10.8. The van der Waals surface area contributed by atoms with Gasteiger partial charge in [-0.15, -0.1) is 0 Å². The summed E-state index contributed by atoms with van der Waals surface area (Å²) in [6, 6.07) is 7.12. The quantitative estimate of drug-likeness (QED) is 0.631. The number of hydrogen-bond donors (Lipinski definition) is 3. The lowest BCUT2D eigenvalue weighted by Gasteiger charge is -2.31. The van der Waals surface area contributed by atoms with Crippen molar-refractivity contribution in [2.24, 2.45) is 5.73 Å². The third-order valence-electron chi connectivity index (χ3n) is 4.27. The van der Waals surface area contributed by atoms with Crippen molar-refractivity contribution in [3.8, 4) is 0 Å². The fourth-order valence-corrected chi connectivity index (χ4v) is 2.80. The van der Waals surface area contributed by atoms with Crippen LogP contribution in [0.1, 0.15) is 42.6 Å². The summed E-state index contributed by atoms with van der Waals surface area (Å²) in [4.78, 5) is 23.5. The van der Waals surface area contributed by atoms with Crippen LogP contribution in [0.2, 0.25) is 0 Å². The molecule has 7 heteroatoms. The van der Waals surface area contributed by atoms with E-state index in [1.54, 1.807) is 19.9 Å². The molecule has 7 nitrogen and oxygen atoms in total. The lowest BCUT2D eigenvalue weighted by molar-refractivity contribution is -0.129. The number of carbonyl (C=O) groups is 2. The number of primary amides is 1. The standard InChI is InChI=1S/C19H28N2O5/c1-19(2,24)8-6-13-4-3-5-14(10-13)18(23)21-15-7-9-25-11-16(15)26-12-17(20)22/h3-5,10,15-16,24H,6-9,11-12H2,1-2H3,(H2,20,22)(H,21,23)/t15-,16-/m1/s1. The molecule has 1 saturated heterocycles. The van der Waals surface area contributed by atoms with E-state index in [0.29, 0.717) is 38.0 Å². The van der Waals surface area contributed by atoms with Gasteiger partial charge in [-0.1, -0.05) is 12.1 Å². The Morgan fingerprint density at radius 2 is 2.19 bits per heavy atom. The number of hydrogen-bond acceptors (Lipinski definition) is 5. The maximum absolute atomic E-state index is 12.6. The van der Waals surface area contributed by atoms with Crippen LogP contribution in [0.3, 0.4) is 0 Å². The van der Waals surface area contributed by atoms with E-state index >= 15 is 0 Å². The molecule has 0 unspecified atom stereocenters. The summed E-state index contributed by atoms with van der Waals surface area (Å²) in [7, 11) is 0. The Labute approximate surface area is 153 Å². The lowest BCUT2D eigenvalue weighted by Crippen LogP contribution is -2.50. The highest BCUT2D eigenvalue weighted by Gasteiger charge is 2.28. The highest BCUT2D eigenvalue weighted by Crippen LogP contribution is 2.16. The molecule has 1 aromatic carbocycles. The topological polar surface area (TPSA) is 111 Å². The molecule has 0 saturated carbocycles. The van der Waals surface area contributed by atoms with E-state index in [9.17, 15) is 14.7 Å². The molecule has 0 aliphatic carbocycles. The van der Waals surface area contributed by atoms with Gasteiger partial charge in [-0.25, -0.2) is 0 Å². The number of nitrogens with two attached hydrogens (primary N) is 1. The van der Waals surface area contributed by atoms with Crippen LogP contribution in [-0.2, 0) is 20.7 Å². The number of nitrogens with one attached hydrogen (secondary N) is 1. The summed E-state index contributed by atoms with van der Waals surface area (Å²) in [6.45, 7) is 4.16. The summed E-state index contributed by atoms with van der Waals surface area (Å²) in [5.41, 5.74) is 5.92. The fourth-order valence-electron chi connectivity index (χ4n) is 2.80. The van der Waals surface area contributed by atoms with Crippen LogP contribution in [0, 0.1) is 0 Å². The van der Waals surface area contributed by atoms with Gasteiger partial charge in [-0.05, 0) is 50.8 Å².